The minimum absolute atomic E-state index is 0. The molecule has 2 aromatic heterocycles. The van der Waals surface area contributed by atoms with Gasteiger partial charge in [0.25, 0.3) is 5.24 Å². The van der Waals surface area contributed by atoms with Crippen LogP contribution in [-0.4, -0.2) is 192 Å². The van der Waals surface area contributed by atoms with Crippen molar-refractivity contribution in [2.45, 2.75) is 128 Å². The van der Waals surface area contributed by atoms with Gasteiger partial charge in [0.1, 0.15) is 80.9 Å². The Morgan fingerprint density at radius 2 is 0.739 bits per heavy atom. The number of likely N-dealkylation sites (tertiary alicyclic amines) is 4. The number of hydrogen-bond donors (Lipinski definition) is 4. The molecule has 20 nitrogen and oxygen atoms in total. The number of alkyl halides is 1. The third-order valence-electron chi connectivity index (χ3n) is 21.6. The van der Waals surface area contributed by atoms with E-state index in [1.165, 1.54) is 187 Å². The van der Waals surface area contributed by atoms with Crippen molar-refractivity contribution in [1.29, 1.82) is 0 Å². The van der Waals surface area contributed by atoms with Crippen LogP contribution in [0.25, 0.3) is 22.2 Å². The van der Waals surface area contributed by atoms with Crippen LogP contribution >= 0.6 is 77.2 Å². The Morgan fingerprint density at radius 3 is 1.07 bits per heavy atom. The number of nitrogens with two attached hydrogens (primary N) is 1. The molecule has 16 rings (SSSR count). The van der Waals surface area contributed by atoms with Crippen molar-refractivity contribution in [1.82, 2.24) is 35.1 Å². The Balaban J connectivity index is 0.000000815. The van der Waals surface area contributed by atoms with Gasteiger partial charge < -0.3 is 93.0 Å². The quantitative estimate of drug-likeness (QED) is 0.00312. The number of piperidine rings is 5. The number of ketones is 1. The van der Waals surface area contributed by atoms with E-state index in [4.69, 9.17) is 45.0 Å². The first-order valence-corrected chi connectivity index (χ1v) is 46.8. The normalized spacial score (nSPS) is 13.8. The van der Waals surface area contributed by atoms with E-state index in [2.05, 4.69) is 62.0 Å². The SMILES string of the molecule is BrCCCOc1ccccc1.C1CCNCC1.Cl.Cl.Cl.Cl.Fc1ccc2c(-c3ccc(OCCCN4CCCCC4)cc3)noc2c1.NO.O.O/N=C(\c1ccc(OCCCN2CCCCC2)cc1)c1ccc(F)cc1F.O=C(Cl)c1ccc(F)cc1F.O=C(c1ccc(OCCCN2CCCCC2)cc1)c1ccc(F)cc1F.[I-].[K+].c1ccc(OCCCN2CCCCC2)cc1.c1ccncc1. The molecule has 0 aliphatic carbocycles. The number of ether oxygens (including phenoxy) is 5. The summed E-state index contributed by atoms with van der Waals surface area (Å²) in [5.74, 6) is 2.19. The smallest absolute Gasteiger partial charge is 1.00 e. The van der Waals surface area contributed by atoms with Gasteiger partial charge >= 0.3 is 51.4 Å². The molecule has 138 heavy (non-hydrogen) atoms. The Morgan fingerprint density at radius 1 is 0.413 bits per heavy atom. The molecule has 5 aliphatic heterocycles. The molecule has 0 saturated carbocycles. The number of halogens is 14. The number of hydrogen-bond acceptors (Lipinski definition) is 19. The summed E-state index contributed by atoms with van der Waals surface area (Å²) in [6.45, 7) is 20.2. The molecular weight excluding hydrogens is 2100 g/mol. The van der Waals surface area contributed by atoms with E-state index in [-0.39, 0.29) is 159 Å². The number of aromatic nitrogens is 2. The average Bonchev–Trinajstić information content (AvgIpc) is 1.68. The molecule has 7 N–H and O–H groups in total. The van der Waals surface area contributed by atoms with Crippen LogP contribution in [0.3, 0.4) is 0 Å². The molecule has 11 aromatic rings. The van der Waals surface area contributed by atoms with Crippen molar-refractivity contribution < 1.29 is 160 Å². The van der Waals surface area contributed by atoms with Gasteiger partial charge in [0.05, 0.1) is 44.2 Å². The molecule has 7 heterocycles. The number of nitrogens with one attached hydrogen (secondary N) is 1. The summed E-state index contributed by atoms with van der Waals surface area (Å²) in [4.78, 5) is 36.5. The van der Waals surface area contributed by atoms with Gasteiger partial charge in [0.2, 0.25) is 0 Å². The number of oxime groups is 1. The average molecular weight is 2230 g/mol. The summed E-state index contributed by atoms with van der Waals surface area (Å²) >= 11 is 8.30. The maximum Gasteiger partial charge on any atom is 1.00 e. The van der Waals surface area contributed by atoms with Crippen molar-refractivity contribution >= 4 is 105 Å². The summed E-state index contributed by atoms with van der Waals surface area (Å²) in [7, 11) is 0. The van der Waals surface area contributed by atoms with Gasteiger partial charge in [0, 0.05) is 95.8 Å². The second-order valence-electron chi connectivity index (χ2n) is 31.4. The van der Waals surface area contributed by atoms with Crippen LogP contribution in [0.1, 0.15) is 166 Å². The predicted octanol–water partition coefficient (Wildman–Crippen LogP) is 18.0. The number of fused-ring (bicyclic) bond motifs is 1. The predicted molar refractivity (Wildman–Crippen MR) is 540 cm³/mol. The minimum atomic E-state index is -0.940. The van der Waals surface area contributed by atoms with Crippen LogP contribution in [0.4, 0.5) is 30.7 Å². The molecule has 0 bridgehead atoms. The van der Waals surface area contributed by atoms with Gasteiger partial charge in [-0.15, -0.1) is 49.6 Å². The van der Waals surface area contributed by atoms with Crippen LogP contribution < -0.4 is 110 Å². The summed E-state index contributed by atoms with van der Waals surface area (Å²) in [5.41, 5.74) is 2.60. The number of para-hydroxylation sites is 2. The number of nitrogens with zero attached hydrogens (tertiary/aromatic N) is 7. The topological polar surface area (TPSA) is 255 Å². The van der Waals surface area contributed by atoms with Crippen LogP contribution in [0.15, 0.2) is 247 Å². The van der Waals surface area contributed by atoms with Gasteiger partial charge in [-0.1, -0.05) is 101 Å². The Labute approximate surface area is 905 Å². The van der Waals surface area contributed by atoms with E-state index in [1.807, 2.05) is 103 Å². The largest absolute Gasteiger partial charge is 1.00 e. The molecule has 5 aliphatic rings. The van der Waals surface area contributed by atoms with Crippen molar-refractivity contribution in [3.63, 3.8) is 0 Å². The van der Waals surface area contributed by atoms with E-state index in [1.54, 1.807) is 67.0 Å². The van der Waals surface area contributed by atoms with E-state index >= 15 is 0 Å². The maximum absolute atomic E-state index is 14.0. The Hall–Kier alpha value is -7.10. The third kappa shape index (κ3) is 51.2. The fourth-order valence-corrected chi connectivity index (χ4v) is 15.1. The second kappa shape index (κ2) is 78.4. The number of pyridine rings is 1. The fourth-order valence-electron chi connectivity index (χ4n) is 14.7. The number of benzene rings is 9. The van der Waals surface area contributed by atoms with Crippen LogP contribution in [0.2, 0.25) is 0 Å². The van der Waals surface area contributed by atoms with Gasteiger partial charge in [-0.3, -0.25) is 14.6 Å². The van der Waals surface area contributed by atoms with E-state index in [9.17, 15) is 45.5 Å². The molecule has 9 aromatic carbocycles. The standard InChI is InChI=1S/C21H24F2N2O2.C21H23F2NO2.C21H23FN2O2.C14H21NO.C9H11BrO.C7H3ClF2O.C5H11N.C5H5N.4ClH.HI.K.H3NO.H2O/c22-17-7-10-19(20(23)15-17)21(24-26)16-5-8-18(9-6-16)27-14-4-13-25-11-2-1-3-12-25;22-17-7-10-19(20(23)15-17)21(25)16-5-8-18(9-6-16)26-14-4-13-24-11-2-1-3-12-24;22-17-7-10-19-20(15-17)26-23-21(19)16-5-8-18(9-6-16)25-14-4-13-24-11-2-1-3-12-24;1-3-8-14(9-4-1)16-13-7-12-15-10-5-2-6-11-15;10-7-4-8-11-9-5-2-1-3-6-9;8-7(11)5-2-1-4(9)3-6(5)10;2*1-2-4-6-5-3-1;;;;;;;1-2;/h5-10,15,26H,1-4,11-14H2;2*5-10,15H,1-4,11-14H2;1,3-4,8-9H,2,5-7,10-13H2;1-3,5-6H,4,7-8H2;1-3H;6H,1-5H2;1-5H;5*1H;;2H,1H2;1H2/q;;;;;;;;;;;;;+1;;/p-1/b24-21+;;;;;;;;;;;;;;;. The molecule has 752 valence electrons. The zero-order valence-electron chi connectivity index (χ0n) is 78.1. The van der Waals surface area contributed by atoms with E-state index in [0.717, 1.165) is 147 Å². The van der Waals surface area contributed by atoms with Crippen LogP contribution in [0, 0.1) is 40.7 Å². The molecule has 0 atom stereocenters. The maximum atomic E-state index is 14.0. The van der Waals surface area contributed by atoms with Crippen molar-refractivity contribution in [2.24, 2.45) is 11.1 Å². The molecule has 0 radical (unpaired) electrons. The summed E-state index contributed by atoms with van der Waals surface area (Å²) in [6, 6.07) is 60.1. The Kier molecular flexibility index (Phi) is 73.2. The van der Waals surface area contributed by atoms with Crippen molar-refractivity contribution in [3.8, 4) is 40.0 Å². The van der Waals surface area contributed by atoms with Gasteiger partial charge in [-0.05, 0) is 331 Å². The summed E-state index contributed by atoms with van der Waals surface area (Å²) in [6.07, 6.45) is 28.8. The Bertz CT molecular complexity index is 4970. The summed E-state index contributed by atoms with van der Waals surface area (Å²) < 4.78 is 125. The molecule has 0 amide bonds. The number of rotatable bonds is 30. The third-order valence-corrected chi connectivity index (χ3v) is 22.3. The van der Waals surface area contributed by atoms with E-state index in [0.29, 0.717) is 53.6 Å². The van der Waals surface area contributed by atoms with Gasteiger partial charge in [-0.2, -0.15) is 0 Å². The number of carbonyl (C=O) groups excluding carboxylic acids is 2. The van der Waals surface area contributed by atoms with Crippen LogP contribution in [0.5, 0.6) is 28.7 Å². The second-order valence-corrected chi connectivity index (χ2v) is 32.6. The molecule has 0 spiro atoms. The first-order valence-electron chi connectivity index (χ1n) is 45.3. The number of carbonyl (C=O) groups is 2. The zero-order chi connectivity index (χ0) is 93.1. The first kappa shape index (κ1) is 129. The molecule has 5 saturated heterocycles. The van der Waals surface area contributed by atoms with E-state index < -0.39 is 45.9 Å². The zero-order valence-corrected chi connectivity index (χ0v) is 89.0. The van der Waals surface area contributed by atoms with Crippen molar-refractivity contribution in [2.75, 3.05) is 130 Å². The van der Waals surface area contributed by atoms with Crippen LogP contribution in [-0.2, 0) is 0 Å². The molecular formula is C103H130BrCl5F7IKN9O11. The molecule has 0 unspecified atom stereocenters. The monoisotopic (exact) mass is 2220 g/mol. The summed E-state index contributed by atoms with van der Waals surface area (Å²) in [5, 5.41) is 27.2. The minimum Gasteiger partial charge on any atom is -1.00 e. The fraction of sp³-hybridized carbons (Fsp3) is 0.388. The van der Waals surface area contributed by atoms with Gasteiger partial charge in [-0.25, -0.2) is 36.6 Å². The van der Waals surface area contributed by atoms with Crippen molar-refractivity contribution in [3.05, 3.63) is 305 Å². The first-order chi connectivity index (χ1) is 64.1. The molecule has 5 fully saturated rings. The molecule has 35 heteroatoms. The van der Waals surface area contributed by atoms with Gasteiger partial charge in [0.15, 0.2) is 11.4 Å².